The number of nitrogens with zero attached hydrogens (tertiary/aromatic N) is 2. The maximum atomic E-state index is 12.5. The van der Waals surface area contributed by atoms with E-state index in [0.29, 0.717) is 0 Å². The Bertz CT molecular complexity index is 903. The van der Waals surface area contributed by atoms with E-state index < -0.39 is 15.9 Å². The highest BCUT2D eigenvalue weighted by molar-refractivity contribution is 7.90. The molecule has 2 aromatic rings. The van der Waals surface area contributed by atoms with Crippen molar-refractivity contribution < 1.29 is 13.2 Å². The second-order valence-electron chi connectivity index (χ2n) is 6.33. The molecule has 1 heterocycles. The Morgan fingerprint density at radius 2 is 2.13 bits per heavy atom. The van der Waals surface area contributed by atoms with Crippen LogP contribution in [0.1, 0.15) is 24.0 Å². The number of carbonyl (C=O) groups is 1. The standard InChI is InChI=1S/C16H17N3O3S/c1-19-14(7-9-17-19)23(21,22)18-15(20)13-10-16(13)8-6-11-4-2-3-5-12(11)16/h2-5,7,9,13H,6,8,10H2,1H3,(H,18,20). The lowest BCUT2D eigenvalue weighted by molar-refractivity contribution is -0.121. The topological polar surface area (TPSA) is 81.1 Å². The zero-order chi connectivity index (χ0) is 16.2. The molecule has 1 fully saturated rings. The smallest absolute Gasteiger partial charge is 0.274 e. The molecule has 7 heteroatoms. The summed E-state index contributed by atoms with van der Waals surface area (Å²) >= 11 is 0. The van der Waals surface area contributed by atoms with Crippen LogP contribution in [0.25, 0.3) is 0 Å². The molecule has 0 radical (unpaired) electrons. The molecule has 1 N–H and O–H groups in total. The second-order valence-corrected chi connectivity index (χ2v) is 7.96. The van der Waals surface area contributed by atoms with Crippen LogP contribution in [0.4, 0.5) is 0 Å². The maximum absolute atomic E-state index is 12.5. The Kier molecular flexibility index (Phi) is 2.93. The first-order valence-electron chi connectivity index (χ1n) is 7.57. The largest absolute Gasteiger partial charge is 0.281 e. The molecule has 2 unspecified atom stereocenters. The van der Waals surface area contributed by atoms with Gasteiger partial charge in [-0.1, -0.05) is 24.3 Å². The lowest BCUT2D eigenvalue weighted by atomic mass is 9.95. The van der Waals surface area contributed by atoms with Crippen LogP contribution in [0.5, 0.6) is 0 Å². The van der Waals surface area contributed by atoms with Crippen molar-refractivity contribution in [3.63, 3.8) is 0 Å². The van der Waals surface area contributed by atoms with Gasteiger partial charge < -0.3 is 0 Å². The van der Waals surface area contributed by atoms with Gasteiger partial charge in [-0.15, -0.1) is 0 Å². The van der Waals surface area contributed by atoms with Crippen molar-refractivity contribution >= 4 is 15.9 Å². The quantitative estimate of drug-likeness (QED) is 0.914. The van der Waals surface area contributed by atoms with Crippen molar-refractivity contribution in [1.82, 2.24) is 14.5 Å². The van der Waals surface area contributed by atoms with Crippen molar-refractivity contribution in [2.75, 3.05) is 0 Å². The average molecular weight is 331 g/mol. The SMILES string of the molecule is Cn1nccc1S(=O)(=O)NC(=O)C1CC12CCc1ccccc12. The van der Waals surface area contributed by atoms with Crippen molar-refractivity contribution in [3.05, 3.63) is 47.7 Å². The van der Waals surface area contributed by atoms with Gasteiger partial charge in [0.2, 0.25) is 5.91 Å². The maximum Gasteiger partial charge on any atom is 0.281 e. The van der Waals surface area contributed by atoms with E-state index in [4.69, 9.17) is 0 Å². The fourth-order valence-corrected chi connectivity index (χ4v) is 4.97. The Morgan fingerprint density at radius 3 is 2.87 bits per heavy atom. The van der Waals surface area contributed by atoms with Gasteiger partial charge >= 0.3 is 0 Å². The van der Waals surface area contributed by atoms with Crippen LogP contribution < -0.4 is 4.72 Å². The molecule has 2 aliphatic rings. The average Bonchev–Trinajstić information content (AvgIpc) is 2.88. The molecule has 1 spiro atoms. The summed E-state index contributed by atoms with van der Waals surface area (Å²) in [6.45, 7) is 0. The summed E-state index contributed by atoms with van der Waals surface area (Å²) in [5.74, 6) is -0.683. The van der Waals surface area contributed by atoms with Crippen molar-refractivity contribution in [1.29, 1.82) is 0 Å². The number of sulfonamides is 1. The van der Waals surface area contributed by atoms with Gasteiger partial charge in [0.1, 0.15) is 0 Å². The number of rotatable bonds is 3. The van der Waals surface area contributed by atoms with E-state index in [1.54, 1.807) is 0 Å². The first-order chi connectivity index (χ1) is 10.9. The normalized spacial score (nSPS) is 25.3. The molecule has 2 atom stereocenters. The predicted molar refractivity (Wildman–Crippen MR) is 83.1 cm³/mol. The van der Waals surface area contributed by atoms with Crippen LogP contribution >= 0.6 is 0 Å². The van der Waals surface area contributed by atoms with E-state index in [9.17, 15) is 13.2 Å². The van der Waals surface area contributed by atoms with E-state index in [1.165, 1.54) is 35.1 Å². The third-order valence-corrected chi connectivity index (χ3v) is 6.49. The molecule has 4 rings (SSSR count). The first-order valence-corrected chi connectivity index (χ1v) is 9.05. The minimum atomic E-state index is -3.87. The number of aromatic nitrogens is 2. The lowest BCUT2D eigenvalue weighted by Gasteiger charge is -2.12. The number of hydrogen-bond donors (Lipinski definition) is 1. The van der Waals surface area contributed by atoms with Crippen molar-refractivity contribution in [2.45, 2.75) is 29.7 Å². The zero-order valence-corrected chi connectivity index (χ0v) is 13.5. The molecule has 1 saturated carbocycles. The molecular formula is C16H17N3O3S. The third-order valence-electron chi connectivity index (χ3n) is 5.07. The number of carbonyl (C=O) groups excluding carboxylic acids is 1. The number of nitrogens with one attached hydrogen (secondary N) is 1. The number of benzene rings is 1. The van der Waals surface area contributed by atoms with E-state index in [-0.39, 0.29) is 16.4 Å². The molecule has 1 aromatic heterocycles. The summed E-state index contributed by atoms with van der Waals surface area (Å²) in [6.07, 6.45) is 3.98. The van der Waals surface area contributed by atoms with Crippen LogP contribution in [-0.4, -0.2) is 24.1 Å². The van der Waals surface area contributed by atoms with Gasteiger partial charge in [0, 0.05) is 18.4 Å². The van der Waals surface area contributed by atoms with Gasteiger partial charge in [0.15, 0.2) is 5.03 Å². The third kappa shape index (κ3) is 2.10. The molecule has 1 aromatic carbocycles. The Morgan fingerprint density at radius 1 is 1.35 bits per heavy atom. The van der Waals surface area contributed by atoms with Crippen LogP contribution in [0, 0.1) is 5.92 Å². The van der Waals surface area contributed by atoms with E-state index >= 15 is 0 Å². The first kappa shape index (κ1) is 14.4. The predicted octanol–water partition coefficient (Wildman–Crippen LogP) is 1.13. The monoisotopic (exact) mass is 331 g/mol. The molecule has 0 bridgehead atoms. The number of aryl methyl sites for hydroxylation is 2. The summed E-state index contributed by atoms with van der Waals surface area (Å²) in [5.41, 5.74) is 2.32. The fourth-order valence-electron chi connectivity index (χ4n) is 3.82. The molecule has 0 saturated heterocycles. The highest BCUT2D eigenvalue weighted by atomic mass is 32.2. The molecule has 2 aliphatic carbocycles. The number of amides is 1. The van der Waals surface area contributed by atoms with Crippen LogP contribution in [0.3, 0.4) is 0 Å². The summed E-state index contributed by atoms with van der Waals surface area (Å²) in [5, 5.41) is 3.83. The number of hydrogen-bond acceptors (Lipinski definition) is 4. The molecule has 23 heavy (non-hydrogen) atoms. The van der Waals surface area contributed by atoms with Gasteiger partial charge in [0.25, 0.3) is 10.0 Å². The fraction of sp³-hybridized carbons (Fsp3) is 0.375. The summed E-state index contributed by atoms with van der Waals surface area (Å²) in [4.78, 5) is 12.5. The van der Waals surface area contributed by atoms with Gasteiger partial charge in [-0.2, -0.15) is 13.5 Å². The minimum absolute atomic E-state index is 0.00706. The van der Waals surface area contributed by atoms with Gasteiger partial charge in [-0.05, 0) is 36.5 Å². The molecule has 120 valence electrons. The summed E-state index contributed by atoms with van der Waals surface area (Å²) < 4.78 is 28.1. The highest BCUT2D eigenvalue weighted by Gasteiger charge is 2.61. The number of fused-ring (bicyclic) bond motifs is 2. The highest BCUT2D eigenvalue weighted by Crippen LogP contribution is 2.61. The minimum Gasteiger partial charge on any atom is -0.274 e. The summed E-state index contributed by atoms with van der Waals surface area (Å²) in [7, 11) is -2.34. The molecule has 0 aliphatic heterocycles. The van der Waals surface area contributed by atoms with Crippen molar-refractivity contribution in [2.24, 2.45) is 13.0 Å². The zero-order valence-electron chi connectivity index (χ0n) is 12.7. The molecule has 1 amide bonds. The van der Waals surface area contributed by atoms with Crippen molar-refractivity contribution in [3.8, 4) is 0 Å². The Balaban J connectivity index is 1.56. The van der Waals surface area contributed by atoms with Gasteiger partial charge in [0.05, 0.1) is 6.20 Å². The molecular weight excluding hydrogens is 314 g/mol. The molecule has 6 nitrogen and oxygen atoms in total. The van der Waals surface area contributed by atoms with Gasteiger partial charge in [-0.25, -0.2) is 4.72 Å². The second kappa shape index (κ2) is 4.67. The van der Waals surface area contributed by atoms with E-state index in [1.807, 2.05) is 12.1 Å². The summed E-state index contributed by atoms with van der Waals surface area (Å²) in [6, 6.07) is 9.51. The van der Waals surface area contributed by atoms with E-state index in [2.05, 4.69) is 22.0 Å². The van der Waals surface area contributed by atoms with Crippen LogP contribution in [0.2, 0.25) is 0 Å². The lowest BCUT2D eigenvalue weighted by Crippen LogP contribution is -2.34. The Labute approximate surface area is 134 Å². The Hall–Kier alpha value is -2.15. The van der Waals surface area contributed by atoms with E-state index in [0.717, 1.165) is 19.3 Å². The van der Waals surface area contributed by atoms with Gasteiger partial charge in [-0.3, -0.25) is 9.48 Å². The van der Waals surface area contributed by atoms with Crippen LogP contribution in [0.15, 0.2) is 41.6 Å². The van der Waals surface area contributed by atoms with Crippen LogP contribution in [-0.2, 0) is 33.7 Å².